The summed E-state index contributed by atoms with van der Waals surface area (Å²) in [5.74, 6) is 0. The van der Waals surface area contributed by atoms with Gasteiger partial charge in [-0.25, -0.2) is 4.79 Å². The maximum absolute atomic E-state index is 12.3. The molecule has 0 aromatic rings. The summed E-state index contributed by atoms with van der Waals surface area (Å²) in [6.07, 6.45) is 3.01. The quantitative estimate of drug-likeness (QED) is 0.848. The Hall–Kier alpha value is -0.810. The van der Waals surface area contributed by atoms with Gasteiger partial charge in [0.05, 0.1) is 19.3 Å². The number of nitrogens with zero attached hydrogens (tertiary/aromatic N) is 1. The molecular formula is C14H26N2O3. The van der Waals surface area contributed by atoms with E-state index in [1.807, 2.05) is 25.7 Å². The minimum atomic E-state index is -0.454. The van der Waals surface area contributed by atoms with Gasteiger partial charge in [0.25, 0.3) is 0 Å². The Morgan fingerprint density at radius 2 is 2.16 bits per heavy atom. The molecule has 1 aliphatic heterocycles. The maximum atomic E-state index is 12.3. The largest absolute Gasteiger partial charge is 0.444 e. The third kappa shape index (κ3) is 3.39. The predicted octanol–water partition coefficient (Wildman–Crippen LogP) is 1.75. The first-order valence-corrected chi connectivity index (χ1v) is 7.15. The van der Waals surface area contributed by atoms with Crippen molar-refractivity contribution in [2.24, 2.45) is 11.1 Å². The second kappa shape index (κ2) is 5.29. The van der Waals surface area contributed by atoms with Gasteiger partial charge in [-0.3, -0.25) is 0 Å². The highest BCUT2D eigenvalue weighted by molar-refractivity contribution is 5.69. The molecular weight excluding hydrogens is 244 g/mol. The molecule has 0 spiro atoms. The molecule has 1 amide bonds. The lowest BCUT2D eigenvalue weighted by atomic mass is 9.91. The van der Waals surface area contributed by atoms with Crippen LogP contribution in [0.2, 0.25) is 0 Å². The Kier molecular flexibility index (Phi) is 4.06. The SMILES string of the molecule is CC(C)(C)OC(=O)N1CCOCC1C1(CCN)CC1. The molecule has 110 valence electrons. The summed E-state index contributed by atoms with van der Waals surface area (Å²) < 4.78 is 11.1. The zero-order valence-electron chi connectivity index (χ0n) is 12.3. The van der Waals surface area contributed by atoms with Crippen molar-refractivity contribution in [2.75, 3.05) is 26.3 Å². The average Bonchev–Trinajstić information content (AvgIpc) is 3.08. The van der Waals surface area contributed by atoms with Crippen molar-refractivity contribution in [3.63, 3.8) is 0 Å². The van der Waals surface area contributed by atoms with Crippen LogP contribution in [0.3, 0.4) is 0 Å². The monoisotopic (exact) mass is 270 g/mol. The summed E-state index contributed by atoms with van der Waals surface area (Å²) in [5.41, 5.74) is 5.43. The molecule has 19 heavy (non-hydrogen) atoms. The fraction of sp³-hybridized carbons (Fsp3) is 0.929. The summed E-state index contributed by atoms with van der Waals surface area (Å²) in [6, 6.07) is 0.125. The molecule has 1 saturated heterocycles. The topological polar surface area (TPSA) is 64.8 Å². The van der Waals surface area contributed by atoms with Crippen molar-refractivity contribution in [3.05, 3.63) is 0 Å². The first-order valence-electron chi connectivity index (χ1n) is 7.15. The van der Waals surface area contributed by atoms with Crippen molar-refractivity contribution in [1.29, 1.82) is 0 Å². The fourth-order valence-corrected chi connectivity index (χ4v) is 2.85. The molecule has 0 radical (unpaired) electrons. The van der Waals surface area contributed by atoms with E-state index in [-0.39, 0.29) is 17.6 Å². The number of amides is 1. The zero-order chi connectivity index (χ0) is 14.1. The van der Waals surface area contributed by atoms with Crippen LogP contribution in [0, 0.1) is 5.41 Å². The maximum Gasteiger partial charge on any atom is 0.410 e. The molecule has 2 fully saturated rings. The molecule has 5 nitrogen and oxygen atoms in total. The van der Waals surface area contributed by atoms with E-state index in [1.165, 1.54) is 0 Å². The van der Waals surface area contributed by atoms with Gasteiger partial charge in [0.15, 0.2) is 0 Å². The lowest BCUT2D eigenvalue weighted by Gasteiger charge is -2.41. The van der Waals surface area contributed by atoms with E-state index in [1.54, 1.807) is 0 Å². The molecule has 0 aromatic carbocycles. The predicted molar refractivity (Wildman–Crippen MR) is 72.9 cm³/mol. The van der Waals surface area contributed by atoms with Crippen LogP contribution >= 0.6 is 0 Å². The Morgan fingerprint density at radius 3 is 2.68 bits per heavy atom. The van der Waals surface area contributed by atoms with Crippen molar-refractivity contribution >= 4 is 6.09 Å². The Labute approximate surface area is 115 Å². The third-order valence-electron chi connectivity index (χ3n) is 4.00. The number of carbonyl (C=O) groups excluding carboxylic acids is 1. The summed E-state index contributed by atoms with van der Waals surface area (Å²) >= 11 is 0. The van der Waals surface area contributed by atoms with Crippen LogP contribution in [0.25, 0.3) is 0 Å². The lowest BCUT2D eigenvalue weighted by Crippen LogP contribution is -2.54. The van der Waals surface area contributed by atoms with Gasteiger partial charge in [0, 0.05) is 6.54 Å². The van der Waals surface area contributed by atoms with E-state index in [4.69, 9.17) is 15.2 Å². The van der Waals surface area contributed by atoms with Gasteiger partial charge < -0.3 is 20.1 Å². The number of rotatable bonds is 3. The summed E-state index contributed by atoms with van der Waals surface area (Å²) in [7, 11) is 0. The Balaban J connectivity index is 2.06. The van der Waals surface area contributed by atoms with Gasteiger partial charge in [-0.2, -0.15) is 0 Å². The molecule has 0 aromatic heterocycles. The van der Waals surface area contributed by atoms with Crippen molar-refractivity contribution < 1.29 is 14.3 Å². The number of carbonyl (C=O) groups is 1. The molecule has 2 N–H and O–H groups in total. The van der Waals surface area contributed by atoms with Gasteiger partial charge in [-0.15, -0.1) is 0 Å². The number of ether oxygens (including phenoxy) is 2. The van der Waals surface area contributed by atoms with E-state index in [0.717, 1.165) is 19.3 Å². The lowest BCUT2D eigenvalue weighted by molar-refractivity contribution is -0.0519. The minimum absolute atomic E-state index is 0.125. The van der Waals surface area contributed by atoms with Gasteiger partial charge >= 0.3 is 6.09 Å². The van der Waals surface area contributed by atoms with Crippen LogP contribution in [0.4, 0.5) is 4.79 Å². The van der Waals surface area contributed by atoms with E-state index < -0.39 is 5.60 Å². The van der Waals surface area contributed by atoms with E-state index in [9.17, 15) is 4.79 Å². The van der Waals surface area contributed by atoms with Gasteiger partial charge in [0.1, 0.15) is 5.60 Å². The van der Waals surface area contributed by atoms with E-state index >= 15 is 0 Å². The first-order chi connectivity index (χ1) is 8.88. The average molecular weight is 270 g/mol. The summed E-state index contributed by atoms with van der Waals surface area (Å²) in [4.78, 5) is 14.2. The second-order valence-corrected chi connectivity index (χ2v) is 6.67. The van der Waals surface area contributed by atoms with Crippen molar-refractivity contribution in [3.8, 4) is 0 Å². The number of morpholine rings is 1. The van der Waals surface area contributed by atoms with Gasteiger partial charge in [-0.1, -0.05) is 0 Å². The van der Waals surface area contributed by atoms with Crippen LogP contribution in [0.15, 0.2) is 0 Å². The number of hydrogen-bond donors (Lipinski definition) is 1. The summed E-state index contributed by atoms with van der Waals surface area (Å²) in [6.45, 7) is 8.17. The van der Waals surface area contributed by atoms with Crippen LogP contribution < -0.4 is 5.73 Å². The molecule has 5 heteroatoms. The smallest absolute Gasteiger partial charge is 0.410 e. The first kappa shape index (κ1) is 14.6. The van der Waals surface area contributed by atoms with Crippen LogP contribution in [-0.2, 0) is 9.47 Å². The highest BCUT2D eigenvalue weighted by atomic mass is 16.6. The van der Waals surface area contributed by atoms with Crippen LogP contribution in [0.1, 0.15) is 40.0 Å². The number of nitrogens with two attached hydrogens (primary N) is 1. The van der Waals surface area contributed by atoms with Crippen molar-refractivity contribution in [1.82, 2.24) is 4.90 Å². The van der Waals surface area contributed by atoms with Crippen LogP contribution in [-0.4, -0.2) is 48.9 Å². The fourth-order valence-electron chi connectivity index (χ4n) is 2.85. The number of hydrogen-bond acceptors (Lipinski definition) is 4. The van der Waals surface area contributed by atoms with E-state index in [0.29, 0.717) is 26.3 Å². The molecule has 1 atom stereocenters. The second-order valence-electron chi connectivity index (χ2n) is 6.67. The standard InChI is InChI=1S/C14H26N2O3/c1-13(2,3)19-12(17)16-8-9-18-10-11(16)14(4-5-14)6-7-15/h11H,4-10,15H2,1-3H3. The van der Waals surface area contributed by atoms with Crippen molar-refractivity contribution in [2.45, 2.75) is 51.7 Å². The molecule has 1 saturated carbocycles. The normalized spacial score (nSPS) is 26.1. The zero-order valence-corrected chi connectivity index (χ0v) is 12.3. The Bertz CT molecular complexity index is 334. The van der Waals surface area contributed by atoms with E-state index in [2.05, 4.69) is 0 Å². The molecule has 1 aliphatic carbocycles. The highest BCUT2D eigenvalue weighted by Crippen LogP contribution is 2.53. The molecule has 1 unspecified atom stereocenters. The molecule has 0 bridgehead atoms. The third-order valence-corrected chi connectivity index (χ3v) is 4.00. The van der Waals surface area contributed by atoms with Crippen LogP contribution in [0.5, 0.6) is 0 Å². The molecule has 2 aliphatic rings. The minimum Gasteiger partial charge on any atom is -0.444 e. The Morgan fingerprint density at radius 1 is 1.47 bits per heavy atom. The highest BCUT2D eigenvalue weighted by Gasteiger charge is 2.53. The van der Waals surface area contributed by atoms with Gasteiger partial charge in [0.2, 0.25) is 0 Å². The molecule has 1 heterocycles. The summed E-state index contributed by atoms with van der Waals surface area (Å²) in [5, 5.41) is 0. The molecule has 2 rings (SSSR count). The van der Waals surface area contributed by atoms with Gasteiger partial charge in [-0.05, 0) is 52.0 Å².